The van der Waals surface area contributed by atoms with Gasteiger partial charge < -0.3 is 10.0 Å². The largest absolute Gasteiger partial charge is 0.479 e. The molecule has 2 unspecified atom stereocenters. The van der Waals surface area contributed by atoms with Gasteiger partial charge in [0, 0.05) is 24.7 Å². The fourth-order valence-corrected chi connectivity index (χ4v) is 3.14. The monoisotopic (exact) mass is 287 g/mol. The van der Waals surface area contributed by atoms with Crippen molar-refractivity contribution in [3.63, 3.8) is 0 Å². The molecular weight excluding hydrogens is 270 g/mol. The third kappa shape index (κ3) is 1.98. The van der Waals surface area contributed by atoms with Gasteiger partial charge in [0.2, 0.25) is 0 Å². The molecule has 1 aromatic rings. The van der Waals surface area contributed by atoms with Gasteiger partial charge in [-0.25, -0.2) is 9.48 Å². The molecule has 6 nitrogen and oxygen atoms in total. The van der Waals surface area contributed by atoms with E-state index in [9.17, 15) is 14.7 Å². The summed E-state index contributed by atoms with van der Waals surface area (Å²) in [6.07, 6.45) is 7.29. The number of nitrogens with zero attached hydrogens (tertiary/aromatic N) is 3. The summed E-state index contributed by atoms with van der Waals surface area (Å²) >= 11 is 0. The van der Waals surface area contributed by atoms with E-state index < -0.39 is 11.5 Å². The average Bonchev–Trinajstić information content (AvgIpc) is 2.75. The molecule has 110 valence electrons. The molecule has 0 spiro atoms. The molecule has 0 amide bonds. The van der Waals surface area contributed by atoms with Crippen LogP contribution in [0.1, 0.15) is 19.8 Å². The van der Waals surface area contributed by atoms with Crippen LogP contribution in [0, 0.1) is 5.92 Å². The summed E-state index contributed by atoms with van der Waals surface area (Å²) in [7, 11) is 1.56. The summed E-state index contributed by atoms with van der Waals surface area (Å²) in [5.74, 6) is -0.213. The summed E-state index contributed by atoms with van der Waals surface area (Å²) < 4.78 is 1.23. The van der Waals surface area contributed by atoms with E-state index in [0.717, 1.165) is 12.1 Å². The maximum Gasteiger partial charge on any atom is 0.329 e. The molecule has 1 fully saturated rings. The zero-order valence-corrected chi connectivity index (χ0v) is 12.0. The predicted molar refractivity (Wildman–Crippen MR) is 77.9 cm³/mol. The lowest BCUT2D eigenvalue weighted by atomic mass is 9.90. The minimum absolute atomic E-state index is 0.176. The Morgan fingerprint density at radius 1 is 1.48 bits per heavy atom. The molecule has 6 heteroatoms. The van der Waals surface area contributed by atoms with Crippen molar-refractivity contribution in [3.8, 4) is 0 Å². The smallest absolute Gasteiger partial charge is 0.329 e. The lowest BCUT2D eigenvalue weighted by molar-refractivity contribution is -0.142. The van der Waals surface area contributed by atoms with Crippen molar-refractivity contribution in [2.45, 2.75) is 25.3 Å². The van der Waals surface area contributed by atoms with Crippen LogP contribution in [-0.2, 0) is 11.8 Å². The van der Waals surface area contributed by atoms with Crippen LogP contribution < -0.4 is 10.5 Å². The van der Waals surface area contributed by atoms with E-state index in [4.69, 9.17) is 0 Å². The normalized spacial score (nSPS) is 27.4. The fraction of sp³-hybridized carbons (Fsp3) is 0.400. The SMILES string of the molecule is Cn1nc(N2C3=CC=CCC3CC2(C)C(=O)O)ccc1=O. The van der Waals surface area contributed by atoms with Crippen molar-refractivity contribution in [2.24, 2.45) is 13.0 Å². The van der Waals surface area contributed by atoms with Gasteiger partial charge in [-0.15, -0.1) is 0 Å². The standard InChI is InChI=1S/C15H17N3O3/c1-15(14(20)21)9-10-5-3-4-6-11(10)18(15)12-7-8-13(19)17(2)16-12/h3-4,6-8,10H,5,9H2,1-2H3,(H,20,21). The molecule has 21 heavy (non-hydrogen) atoms. The maximum atomic E-state index is 11.8. The number of carbonyl (C=O) groups is 1. The van der Waals surface area contributed by atoms with E-state index >= 15 is 0 Å². The van der Waals surface area contributed by atoms with Gasteiger partial charge >= 0.3 is 5.97 Å². The Hall–Kier alpha value is -2.37. The number of aliphatic carboxylic acids is 1. The first-order valence-electron chi connectivity index (χ1n) is 6.88. The van der Waals surface area contributed by atoms with E-state index in [1.807, 2.05) is 18.2 Å². The number of aromatic nitrogens is 2. The molecule has 1 saturated heterocycles. The zero-order chi connectivity index (χ0) is 15.2. The average molecular weight is 287 g/mol. The molecule has 1 aliphatic heterocycles. The third-order valence-corrected chi connectivity index (χ3v) is 4.27. The lowest BCUT2D eigenvalue weighted by Gasteiger charge is -2.33. The molecule has 2 atom stereocenters. The molecule has 1 N–H and O–H groups in total. The second-order valence-electron chi connectivity index (χ2n) is 5.72. The summed E-state index contributed by atoms with van der Waals surface area (Å²) in [6, 6.07) is 3.00. The quantitative estimate of drug-likeness (QED) is 0.887. The van der Waals surface area contributed by atoms with E-state index in [1.54, 1.807) is 24.9 Å². The Morgan fingerprint density at radius 2 is 2.24 bits per heavy atom. The van der Waals surface area contributed by atoms with Crippen LogP contribution in [0.5, 0.6) is 0 Å². The van der Waals surface area contributed by atoms with E-state index in [0.29, 0.717) is 12.2 Å². The number of anilines is 1. The van der Waals surface area contributed by atoms with E-state index in [2.05, 4.69) is 5.10 Å². The second-order valence-corrected chi connectivity index (χ2v) is 5.72. The molecule has 1 aromatic heterocycles. The number of allylic oxidation sites excluding steroid dienone is 4. The Bertz CT molecular complexity index is 719. The molecular formula is C15H17N3O3. The highest BCUT2D eigenvalue weighted by molar-refractivity contribution is 5.85. The number of aryl methyl sites for hydroxylation is 1. The van der Waals surface area contributed by atoms with Crippen LogP contribution in [0.15, 0.2) is 40.9 Å². The molecule has 0 radical (unpaired) electrons. The van der Waals surface area contributed by atoms with Crippen molar-refractivity contribution in [2.75, 3.05) is 4.90 Å². The van der Waals surface area contributed by atoms with E-state index in [-0.39, 0.29) is 11.5 Å². The Labute approximate surface area is 122 Å². The number of carboxylic acids is 1. The minimum Gasteiger partial charge on any atom is -0.479 e. The van der Waals surface area contributed by atoms with Crippen LogP contribution in [0.3, 0.4) is 0 Å². The van der Waals surface area contributed by atoms with Gasteiger partial charge in [-0.05, 0) is 31.9 Å². The molecule has 2 heterocycles. The Kier molecular flexibility index (Phi) is 2.97. The molecule has 3 rings (SSSR count). The third-order valence-electron chi connectivity index (χ3n) is 4.27. The topological polar surface area (TPSA) is 75.4 Å². The Morgan fingerprint density at radius 3 is 2.90 bits per heavy atom. The number of fused-ring (bicyclic) bond motifs is 1. The minimum atomic E-state index is -1.05. The number of hydrogen-bond donors (Lipinski definition) is 1. The van der Waals surface area contributed by atoms with Crippen molar-refractivity contribution in [3.05, 3.63) is 46.4 Å². The molecule has 0 saturated carbocycles. The molecule has 0 bridgehead atoms. The highest BCUT2D eigenvalue weighted by Gasteiger charge is 2.51. The van der Waals surface area contributed by atoms with Crippen molar-refractivity contribution < 1.29 is 9.90 Å². The zero-order valence-electron chi connectivity index (χ0n) is 12.0. The van der Waals surface area contributed by atoms with Crippen LogP contribution in [0.4, 0.5) is 5.82 Å². The van der Waals surface area contributed by atoms with Gasteiger partial charge in [-0.3, -0.25) is 4.79 Å². The fourth-order valence-electron chi connectivity index (χ4n) is 3.14. The predicted octanol–water partition coefficient (Wildman–Crippen LogP) is 1.29. The van der Waals surface area contributed by atoms with Crippen molar-refractivity contribution in [1.29, 1.82) is 0 Å². The first-order chi connectivity index (χ1) is 9.93. The maximum absolute atomic E-state index is 11.8. The number of rotatable bonds is 2. The van der Waals surface area contributed by atoms with Gasteiger partial charge in [0.15, 0.2) is 5.82 Å². The van der Waals surface area contributed by atoms with Gasteiger partial charge in [-0.2, -0.15) is 5.10 Å². The molecule has 2 aliphatic rings. The summed E-state index contributed by atoms with van der Waals surface area (Å²) in [4.78, 5) is 25.1. The van der Waals surface area contributed by atoms with Crippen molar-refractivity contribution >= 4 is 11.8 Å². The molecule has 0 aromatic carbocycles. The highest BCUT2D eigenvalue weighted by atomic mass is 16.4. The van der Waals surface area contributed by atoms with Crippen LogP contribution in [-0.4, -0.2) is 26.4 Å². The highest BCUT2D eigenvalue weighted by Crippen LogP contribution is 2.46. The van der Waals surface area contributed by atoms with Crippen LogP contribution >= 0.6 is 0 Å². The lowest BCUT2D eigenvalue weighted by Crippen LogP contribution is -2.48. The first kappa shape index (κ1) is 13.6. The van der Waals surface area contributed by atoms with Crippen molar-refractivity contribution in [1.82, 2.24) is 9.78 Å². The first-order valence-corrected chi connectivity index (χ1v) is 6.88. The Balaban J connectivity index is 2.16. The van der Waals surface area contributed by atoms with Gasteiger partial charge in [0.05, 0.1) is 0 Å². The van der Waals surface area contributed by atoms with E-state index in [1.165, 1.54) is 10.7 Å². The summed E-state index contributed by atoms with van der Waals surface area (Å²) in [5, 5.41) is 13.9. The van der Waals surface area contributed by atoms with Crippen LogP contribution in [0.2, 0.25) is 0 Å². The van der Waals surface area contributed by atoms with Gasteiger partial charge in [-0.1, -0.05) is 12.2 Å². The molecule has 1 aliphatic carbocycles. The van der Waals surface area contributed by atoms with Gasteiger partial charge in [0.1, 0.15) is 5.54 Å². The second kappa shape index (κ2) is 4.58. The number of carboxylic acid groups (broad SMARTS) is 1. The number of hydrogen-bond acceptors (Lipinski definition) is 4. The van der Waals surface area contributed by atoms with Crippen LogP contribution in [0.25, 0.3) is 0 Å². The summed E-state index contributed by atoms with van der Waals surface area (Å²) in [6.45, 7) is 1.71. The summed E-state index contributed by atoms with van der Waals surface area (Å²) in [5.41, 5.74) is -0.315. The van der Waals surface area contributed by atoms with Gasteiger partial charge in [0.25, 0.3) is 5.56 Å².